The van der Waals surface area contributed by atoms with Gasteiger partial charge >= 0.3 is 0 Å². The number of hydrogen-bond donors (Lipinski definition) is 2. The van der Waals surface area contributed by atoms with Crippen LogP contribution in [0, 0.1) is 12.3 Å². The molecule has 1 unspecified atom stereocenters. The van der Waals surface area contributed by atoms with Crippen LogP contribution in [0.5, 0.6) is 0 Å². The van der Waals surface area contributed by atoms with Crippen LogP contribution in [0.25, 0.3) is 0 Å². The summed E-state index contributed by atoms with van der Waals surface area (Å²) in [5.74, 6) is 3.01. The molecule has 112 valence electrons. The first kappa shape index (κ1) is 16.8. The van der Waals surface area contributed by atoms with E-state index in [0.29, 0.717) is 24.8 Å². The van der Waals surface area contributed by atoms with Gasteiger partial charge in [0.15, 0.2) is 0 Å². The Morgan fingerprint density at radius 3 is 2.65 bits per heavy atom. The monoisotopic (exact) mass is 298 g/mol. The molecule has 2 N–H and O–H groups in total. The minimum Gasteiger partial charge on any atom is -0.447 e. The van der Waals surface area contributed by atoms with E-state index >= 15 is 0 Å². The molecule has 0 spiro atoms. The van der Waals surface area contributed by atoms with Crippen molar-refractivity contribution in [1.82, 2.24) is 10.0 Å². The lowest BCUT2D eigenvalue weighted by Crippen LogP contribution is -2.33. The first-order valence-corrected chi connectivity index (χ1v) is 8.18. The van der Waals surface area contributed by atoms with Crippen molar-refractivity contribution in [2.75, 3.05) is 0 Å². The highest BCUT2D eigenvalue weighted by molar-refractivity contribution is 7.89. The Bertz CT molecular complexity index is 555. The van der Waals surface area contributed by atoms with Crippen LogP contribution in [0.4, 0.5) is 0 Å². The largest absolute Gasteiger partial charge is 0.447 e. The van der Waals surface area contributed by atoms with Crippen molar-refractivity contribution in [1.29, 1.82) is 0 Å². The predicted octanol–water partition coefficient (Wildman–Crippen LogP) is 1.86. The van der Waals surface area contributed by atoms with Gasteiger partial charge in [-0.1, -0.05) is 33.1 Å². The van der Waals surface area contributed by atoms with Crippen LogP contribution < -0.4 is 10.0 Å². The van der Waals surface area contributed by atoms with Crippen molar-refractivity contribution >= 4 is 10.0 Å². The normalized spacial score (nSPS) is 13.3. The molecule has 20 heavy (non-hydrogen) atoms. The third-order valence-electron chi connectivity index (χ3n) is 2.66. The molecule has 0 saturated carbocycles. The Morgan fingerprint density at radius 1 is 1.40 bits per heavy atom. The maximum Gasteiger partial charge on any atom is 0.275 e. The average Bonchev–Trinajstić information content (AvgIpc) is 2.85. The molecule has 0 aliphatic carbocycles. The fourth-order valence-electron chi connectivity index (χ4n) is 1.61. The summed E-state index contributed by atoms with van der Waals surface area (Å²) in [4.78, 5) is 0. The highest BCUT2D eigenvalue weighted by atomic mass is 32.2. The molecule has 1 rings (SSSR count). The molecule has 0 bridgehead atoms. The van der Waals surface area contributed by atoms with E-state index in [1.165, 1.54) is 6.07 Å². The van der Waals surface area contributed by atoms with E-state index in [0.717, 1.165) is 6.42 Å². The Hall–Kier alpha value is -1.29. The highest BCUT2D eigenvalue weighted by Gasteiger charge is 2.22. The first-order chi connectivity index (χ1) is 9.39. The van der Waals surface area contributed by atoms with E-state index < -0.39 is 16.1 Å². The lowest BCUT2D eigenvalue weighted by Gasteiger charge is -2.10. The molecule has 0 aromatic carbocycles. The zero-order valence-electron chi connectivity index (χ0n) is 12.1. The molecule has 1 aromatic rings. The average molecular weight is 298 g/mol. The van der Waals surface area contributed by atoms with Crippen LogP contribution in [-0.4, -0.2) is 20.5 Å². The Labute approximate surface area is 121 Å². The van der Waals surface area contributed by atoms with Gasteiger partial charge in [0.25, 0.3) is 10.0 Å². The van der Waals surface area contributed by atoms with Crippen molar-refractivity contribution in [3.05, 3.63) is 17.9 Å². The van der Waals surface area contributed by atoms with Crippen molar-refractivity contribution < 1.29 is 12.8 Å². The van der Waals surface area contributed by atoms with Gasteiger partial charge in [0.05, 0.1) is 12.6 Å². The van der Waals surface area contributed by atoms with Gasteiger partial charge in [0, 0.05) is 6.04 Å². The van der Waals surface area contributed by atoms with E-state index in [4.69, 9.17) is 10.8 Å². The summed E-state index contributed by atoms with van der Waals surface area (Å²) in [5.41, 5.74) is 0. The molecule has 0 aliphatic heterocycles. The number of nitrogens with one attached hydrogen (secondary N) is 2. The van der Waals surface area contributed by atoms with Gasteiger partial charge in [-0.15, -0.1) is 6.42 Å². The van der Waals surface area contributed by atoms with Gasteiger partial charge in [-0.05, 0) is 18.6 Å². The molecule has 1 heterocycles. The van der Waals surface area contributed by atoms with Crippen molar-refractivity contribution in [2.45, 2.75) is 57.3 Å². The van der Waals surface area contributed by atoms with Gasteiger partial charge in [-0.3, -0.25) is 0 Å². The summed E-state index contributed by atoms with van der Waals surface area (Å²) in [6.07, 6.45) is 6.71. The molecule has 0 aliphatic rings. The van der Waals surface area contributed by atoms with Gasteiger partial charge in [0.1, 0.15) is 5.76 Å². The Balaban J connectivity index is 2.75. The summed E-state index contributed by atoms with van der Waals surface area (Å²) >= 11 is 0. The summed E-state index contributed by atoms with van der Waals surface area (Å²) in [5, 5.41) is 3.06. The Kier molecular flexibility index (Phi) is 6.27. The molecule has 0 amide bonds. The quantitative estimate of drug-likeness (QED) is 0.719. The number of sulfonamides is 1. The number of rotatable bonds is 8. The standard InChI is InChI=1S/C14H22N2O3S/c1-5-7-12(6-2)16-20(17,18)14-9-8-13(19-14)10-15-11(3)4/h2,8-9,11-12,15-16H,5,7,10H2,1,3-4H3. The maximum atomic E-state index is 12.1. The number of furan rings is 1. The fourth-order valence-corrected chi connectivity index (χ4v) is 2.75. The van der Waals surface area contributed by atoms with Gasteiger partial charge in [-0.2, -0.15) is 4.72 Å². The molecule has 0 fully saturated rings. The van der Waals surface area contributed by atoms with Crippen LogP contribution in [0.3, 0.4) is 0 Å². The van der Waals surface area contributed by atoms with Crippen LogP contribution in [0.1, 0.15) is 39.4 Å². The van der Waals surface area contributed by atoms with Gasteiger partial charge in [-0.25, -0.2) is 8.42 Å². The van der Waals surface area contributed by atoms with Crippen molar-refractivity contribution in [2.24, 2.45) is 0 Å². The molecule has 5 nitrogen and oxygen atoms in total. The molecule has 1 atom stereocenters. The topological polar surface area (TPSA) is 71.3 Å². The Morgan fingerprint density at radius 2 is 2.10 bits per heavy atom. The lowest BCUT2D eigenvalue weighted by molar-refractivity contribution is 0.392. The van der Waals surface area contributed by atoms with E-state index in [9.17, 15) is 8.42 Å². The van der Waals surface area contributed by atoms with Crippen LogP contribution >= 0.6 is 0 Å². The van der Waals surface area contributed by atoms with Crippen molar-refractivity contribution in [3.8, 4) is 12.3 Å². The molecule has 0 radical (unpaired) electrons. The minimum absolute atomic E-state index is 0.102. The highest BCUT2D eigenvalue weighted by Crippen LogP contribution is 2.15. The van der Waals surface area contributed by atoms with Gasteiger partial charge < -0.3 is 9.73 Å². The first-order valence-electron chi connectivity index (χ1n) is 6.69. The second kappa shape index (κ2) is 7.48. The van der Waals surface area contributed by atoms with E-state index in [1.54, 1.807) is 6.07 Å². The van der Waals surface area contributed by atoms with Gasteiger partial charge in [0.2, 0.25) is 5.09 Å². The summed E-state index contributed by atoms with van der Waals surface area (Å²) < 4.78 is 32.0. The number of hydrogen-bond acceptors (Lipinski definition) is 4. The van der Waals surface area contributed by atoms with Crippen LogP contribution in [-0.2, 0) is 16.6 Å². The van der Waals surface area contributed by atoms with Crippen molar-refractivity contribution in [3.63, 3.8) is 0 Å². The smallest absolute Gasteiger partial charge is 0.275 e. The summed E-state index contributed by atoms with van der Waals surface area (Å²) in [6.45, 7) is 6.44. The molecular formula is C14H22N2O3S. The molecule has 6 heteroatoms. The number of terminal acetylenes is 1. The second-order valence-electron chi connectivity index (χ2n) is 4.89. The third-order valence-corrected chi connectivity index (χ3v) is 4.01. The molecule has 0 saturated heterocycles. The molecule has 1 aromatic heterocycles. The van der Waals surface area contributed by atoms with Crippen LogP contribution in [0.2, 0.25) is 0 Å². The maximum absolute atomic E-state index is 12.1. The zero-order chi connectivity index (χ0) is 15.2. The van der Waals surface area contributed by atoms with Crippen LogP contribution in [0.15, 0.2) is 21.6 Å². The second-order valence-corrected chi connectivity index (χ2v) is 6.53. The van der Waals surface area contributed by atoms with E-state index in [1.807, 2.05) is 20.8 Å². The summed E-state index contributed by atoms with van der Waals surface area (Å²) in [6, 6.07) is 2.88. The molecular weight excluding hydrogens is 276 g/mol. The fraction of sp³-hybridized carbons (Fsp3) is 0.571. The predicted molar refractivity (Wildman–Crippen MR) is 78.5 cm³/mol. The minimum atomic E-state index is -3.70. The zero-order valence-corrected chi connectivity index (χ0v) is 13.0. The SMILES string of the molecule is C#CC(CCC)NS(=O)(=O)c1ccc(CNC(C)C)o1. The third kappa shape index (κ3) is 5.00. The summed E-state index contributed by atoms with van der Waals surface area (Å²) in [7, 11) is -3.70. The van der Waals surface area contributed by atoms with E-state index in [-0.39, 0.29) is 5.09 Å². The lowest BCUT2D eigenvalue weighted by atomic mass is 10.2. The van der Waals surface area contributed by atoms with E-state index in [2.05, 4.69) is 16.0 Å².